The van der Waals surface area contributed by atoms with Crippen LogP contribution in [-0.4, -0.2) is 43.5 Å². The van der Waals surface area contributed by atoms with Crippen molar-refractivity contribution in [2.45, 2.75) is 19.8 Å². The molecule has 0 radical (unpaired) electrons. The van der Waals surface area contributed by atoms with Gasteiger partial charge in [0.2, 0.25) is 5.91 Å². The van der Waals surface area contributed by atoms with Crippen molar-refractivity contribution in [1.29, 1.82) is 0 Å². The number of piperidine rings is 1. The predicted octanol–water partition coefficient (Wildman–Crippen LogP) is 1.82. The number of likely N-dealkylation sites (tertiary alicyclic amines) is 1. The van der Waals surface area contributed by atoms with E-state index in [2.05, 4.69) is 10.2 Å². The maximum Gasteiger partial charge on any atom is 0.308 e. The van der Waals surface area contributed by atoms with E-state index in [1.165, 1.54) is 7.11 Å². The number of methoxy groups -OCH3 is 1. The Bertz CT molecular complexity index is 508. The maximum atomic E-state index is 12.1. The maximum absolute atomic E-state index is 12.1. The first-order chi connectivity index (χ1) is 10.1. The summed E-state index contributed by atoms with van der Waals surface area (Å²) in [5.41, 5.74) is 1.90. The predicted molar refractivity (Wildman–Crippen MR) is 81.0 cm³/mol. The molecule has 0 aliphatic carbocycles. The Hall–Kier alpha value is -1.88. The van der Waals surface area contributed by atoms with E-state index in [0.29, 0.717) is 6.54 Å². The van der Waals surface area contributed by atoms with Gasteiger partial charge in [-0.25, -0.2) is 0 Å². The van der Waals surface area contributed by atoms with Crippen molar-refractivity contribution in [3.63, 3.8) is 0 Å². The fourth-order valence-electron chi connectivity index (χ4n) is 2.60. The SMILES string of the molecule is COC(=O)C1CCN(CC(=O)Nc2ccccc2C)CC1. The number of nitrogens with zero attached hydrogens (tertiary/aromatic N) is 1. The largest absolute Gasteiger partial charge is 0.469 e. The minimum atomic E-state index is -0.140. The number of anilines is 1. The number of benzene rings is 1. The average molecular weight is 290 g/mol. The van der Waals surface area contributed by atoms with Crippen molar-refractivity contribution in [1.82, 2.24) is 4.90 Å². The molecular formula is C16H22N2O3. The molecule has 1 N–H and O–H groups in total. The van der Waals surface area contributed by atoms with Gasteiger partial charge in [-0.15, -0.1) is 0 Å². The lowest BCUT2D eigenvalue weighted by Gasteiger charge is -2.30. The Labute approximate surface area is 125 Å². The summed E-state index contributed by atoms with van der Waals surface area (Å²) in [5.74, 6) is -0.175. The van der Waals surface area contributed by atoms with Gasteiger partial charge in [-0.3, -0.25) is 14.5 Å². The van der Waals surface area contributed by atoms with Crippen molar-refractivity contribution in [3.8, 4) is 0 Å². The van der Waals surface area contributed by atoms with E-state index >= 15 is 0 Å². The molecule has 1 aliphatic heterocycles. The fraction of sp³-hybridized carbons (Fsp3) is 0.500. The molecule has 0 bridgehead atoms. The minimum absolute atomic E-state index is 0.0131. The number of esters is 1. The Morgan fingerprint density at radius 1 is 1.29 bits per heavy atom. The van der Waals surface area contributed by atoms with Crippen LogP contribution in [0.1, 0.15) is 18.4 Å². The quantitative estimate of drug-likeness (QED) is 0.859. The van der Waals surface area contributed by atoms with Crippen LogP contribution in [0.2, 0.25) is 0 Å². The van der Waals surface area contributed by atoms with Crippen LogP contribution in [0.25, 0.3) is 0 Å². The normalized spacial score (nSPS) is 16.5. The number of carbonyl (C=O) groups is 2. The Balaban J connectivity index is 1.80. The fourth-order valence-corrected chi connectivity index (χ4v) is 2.60. The second-order valence-corrected chi connectivity index (χ2v) is 5.44. The summed E-state index contributed by atoms with van der Waals surface area (Å²) in [5, 5.41) is 2.93. The van der Waals surface area contributed by atoms with Gasteiger partial charge in [-0.1, -0.05) is 18.2 Å². The number of ether oxygens (including phenoxy) is 1. The van der Waals surface area contributed by atoms with Crippen LogP contribution in [-0.2, 0) is 14.3 Å². The Morgan fingerprint density at radius 2 is 1.95 bits per heavy atom. The first-order valence-electron chi connectivity index (χ1n) is 7.26. The van der Waals surface area contributed by atoms with E-state index in [1.54, 1.807) is 0 Å². The highest BCUT2D eigenvalue weighted by atomic mass is 16.5. The van der Waals surface area contributed by atoms with Crippen molar-refractivity contribution >= 4 is 17.6 Å². The summed E-state index contributed by atoms with van der Waals surface area (Å²) in [7, 11) is 1.42. The molecule has 5 heteroatoms. The van der Waals surface area contributed by atoms with Crippen LogP contribution in [0.15, 0.2) is 24.3 Å². The topological polar surface area (TPSA) is 58.6 Å². The number of carbonyl (C=O) groups excluding carboxylic acids is 2. The Morgan fingerprint density at radius 3 is 2.57 bits per heavy atom. The Kier molecular flexibility index (Phi) is 5.33. The average Bonchev–Trinajstić information content (AvgIpc) is 2.49. The van der Waals surface area contributed by atoms with Crippen LogP contribution in [0, 0.1) is 12.8 Å². The molecule has 1 aromatic rings. The first-order valence-corrected chi connectivity index (χ1v) is 7.26. The molecule has 1 aromatic carbocycles. The van der Waals surface area contributed by atoms with Crippen LogP contribution in [0.4, 0.5) is 5.69 Å². The molecular weight excluding hydrogens is 268 g/mol. The molecule has 21 heavy (non-hydrogen) atoms. The summed E-state index contributed by atoms with van der Waals surface area (Å²) < 4.78 is 4.76. The number of hydrogen-bond acceptors (Lipinski definition) is 4. The van der Waals surface area contributed by atoms with Crippen molar-refractivity contribution < 1.29 is 14.3 Å². The van der Waals surface area contributed by atoms with Crippen molar-refractivity contribution in [2.75, 3.05) is 32.1 Å². The van der Waals surface area contributed by atoms with Crippen molar-refractivity contribution in [3.05, 3.63) is 29.8 Å². The third-order valence-corrected chi connectivity index (χ3v) is 3.91. The van der Waals surface area contributed by atoms with E-state index in [4.69, 9.17) is 4.74 Å². The van der Waals surface area contributed by atoms with E-state index in [-0.39, 0.29) is 17.8 Å². The highest BCUT2D eigenvalue weighted by Gasteiger charge is 2.26. The molecule has 0 unspecified atom stereocenters. The number of aryl methyl sites for hydroxylation is 1. The summed E-state index contributed by atoms with van der Waals surface area (Å²) in [6.07, 6.45) is 1.51. The lowest BCUT2D eigenvalue weighted by atomic mass is 9.97. The molecule has 0 spiro atoms. The van der Waals surface area contributed by atoms with E-state index in [9.17, 15) is 9.59 Å². The number of nitrogens with one attached hydrogen (secondary N) is 1. The zero-order valence-electron chi connectivity index (χ0n) is 12.6. The first kappa shape index (κ1) is 15.5. The van der Waals surface area contributed by atoms with Crippen LogP contribution in [0.3, 0.4) is 0 Å². The zero-order valence-corrected chi connectivity index (χ0v) is 12.6. The molecule has 1 fully saturated rings. The van der Waals surface area contributed by atoms with Gasteiger partial charge in [0.1, 0.15) is 0 Å². The van der Waals surface area contributed by atoms with Gasteiger partial charge in [0.15, 0.2) is 0 Å². The smallest absolute Gasteiger partial charge is 0.308 e. The number of rotatable bonds is 4. The third kappa shape index (κ3) is 4.29. The van der Waals surface area contributed by atoms with Gasteiger partial charge in [0.25, 0.3) is 0 Å². The molecule has 5 nitrogen and oxygen atoms in total. The lowest BCUT2D eigenvalue weighted by molar-refractivity contribution is -0.147. The minimum Gasteiger partial charge on any atom is -0.469 e. The summed E-state index contributed by atoms with van der Waals surface area (Å²) in [6.45, 7) is 3.83. The summed E-state index contributed by atoms with van der Waals surface area (Å²) >= 11 is 0. The zero-order chi connectivity index (χ0) is 15.2. The summed E-state index contributed by atoms with van der Waals surface area (Å²) in [4.78, 5) is 25.6. The van der Waals surface area contributed by atoms with E-state index in [0.717, 1.165) is 37.2 Å². The number of para-hydroxylation sites is 1. The van der Waals surface area contributed by atoms with Gasteiger partial charge in [-0.05, 0) is 44.5 Å². The molecule has 1 amide bonds. The molecule has 0 saturated carbocycles. The molecule has 0 aromatic heterocycles. The van der Waals surface area contributed by atoms with Crippen LogP contribution < -0.4 is 5.32 Å². The van der Waals surface area contributed by atoms with Crippen LogP contribution in [0.5, 0.6) is 0 Å². The third-order valence-electron chi connectivity index (χ3n) is 3.91. The second-order valence-electron chi connectivity index (χ2n) is 5.44. The van der Waals surface area contributed by atoms with Gasteiger partial charge in [0.05, 0.1) is 19.6 Å². The number of amides is 1. The van der Waals surface area contributed by atoms with E-state index < -0.39 is 0 Å². The number of hydrogen-bond donors (Lipinski definition) is 1. The van der Waals surface area contributed by atoms with Gasteiger partial charge in [-0.2, -0.15) is 0 Å². The lowest BCUT2D eigenvalue weighted by Crippen LogP contribution is -2.41. The van der Waals surface area contributed by atoms with Crippen molar-refractivity contribution in [2.24, 2.45) is 5.92 Å². The van der Waals surface area contributed by atoms with Gasteiger partial charge >= 0.3 is 5.97 Å². The second kappa shape index (κ2) is 7.22. The molecule has 0 atom stereocenters. The van der Waals surface area contributed by atoms with Gasteiger partial charge < -0.3 is 10.1 Å². The molecule has 114 valence electrons. The van der Waals surface area contributed by atoms with Gasteiger partial charge in [0, 0.05) is 5.69 Å². The monoisotopic (exact) mass is 290 g/mol. The molecule has 1 heterocycles. The molecule has 1 saturated heterocycles. The van der Waals surface area contributed by atoms with Crippen LogP contribution >= 0.6 is 0 Å². The highest BCUT2D eigenvalue weighted by Crippen LogP contribution is 2.18. The standard InChI is InChI=1S/C16H22N2O3/c1-12-5-3-4-6-14(12)17-15(19)11-18-9-7-13(8-10-18)16(20)21-2/h3-6,13H,7-11H2,1-2H3,(H,17,19). The molecule has 1 aliphatic rings. The molecule has 2 rings (SSSR count). The summed E-state index contributed by atoms with van der Waals surface area (Å²) in [6, 6.07) is 7.72. The van der Waals surface area contributed by atoms with E-state index in [1.807, 2.05) is 31.2 Å². The highest BCUT2D eigenvalue weighted by molar-refractivity contribution is 5.92.